The molecule has 0 radical (unpaired) electrons. The number of fused-ring (bicyclic) bond motifs is 1. The summed E-state index contributed by atoms with van der Waals surface area (Å²) in [6.45, 7) is 7.85. The van der Waals surface area contributed by atoms with Gasteiger partial charge in [0, 0.05) is 42.9 Å². The van der Waals surface area contributed by atoms with E-state index in [1.165, 1.54) is 13.8 Å². The standard InChI is InChI=1S/C30H38O11/c1-13(31)39-20-10-19(34)29-12-38-25(36)26(20,3)17(29)9-18(33)28(5)23(29)22(35)24(40-14(2)32)27(4)16(15-6-7-37-11-15)8-21-30(27,28)41-21/h6-7,11,16-21,23-25,33-34,36H,8-10,12H2,1-5H3/t16-,17-,18+,19-,20+,21+,23-,24-,25+,26+,27+,28+,29+,30+/m0/s1. The number of rotatable bonds is 3. The van der Waals surface area contributed by atoms with Crippen LogP contribution in [0.2, 0.25) is 0 Å². The summed E-state index contributed by atoms with van der Waals surface area (Å²) >= 11 is 0. The van der Waals surface area contributed by atoms with Crippen molar-refractivity contribution < 1.29 is 53.1 Å². The molecule has 6 fully saturated rings. The zero-order valence-corrected chi connectivity index (χ0v) is 23.9. The van der Waals surface area contributed by atoms with Gasteiger partial charge in [0.05, 0.1) is 48.3 Å². The Morgan fingerprint density at radius 3 is 2.32 bits per heavy atom. The molecule has 6 aliphatic rings. The normalized spacial score (nSPS) is 54.7. The minimum Gasteiger partial charge on any atom is -0.472 e. The number of hydrogen-bond acceptors (Lipinski definition) is 11. The first-order valence-corrected chi connectivity index (χ1v) is 14.5. The molecule has 0 unspecified atom stereocenters. The number of esters is 2. The highest BCUT2D eigenvalue weighted by molar-refractivity contribution is 5.93. The van der Waals surface area contributed by atoms with Gasteiger partial charge in [-0.05, 0) is 30.4 Å². The smallest absolute Gasteiger partial charge is 0.303 e. The van der Waals surface area contributed by atoms with Crippen molar-refractivity contribution in [2.24, 2.45) is 33.5 Å². The van der Waals surface area contributed by atoms with Gasteiger partial charge in [-0.2, -0.15) is 0 Å². The zero-order valence-electron chi connectivity index (χ0n) is 23.9. The Bertz CT molecular complexity index is 1310. The molecule has 41 heavy (non-hydrogen) atoms. The predicted molar refractivity (Wildman–Crippen MR) is 137 cm³/mol. The number of Topliss-reactive ketones (excluding diaryl/α,β-unsaturated/α-hetero) is 1. The van der Waals surface area contributed by atoms with Crippen molar-refractivity contribution in [3.05, 3.63) is 24.2 Å². The number of carbonyl (C=O) groups is 3. The summed E-state index contributed by atoms with van der Waals surface area (Å²) in [6, 6.07) is 1.84. The van der Waals surface area contributed by atoms with E-state index in [9.17, 15) is 24.9 Å². The summed E-state index contributed by atoms with van der Waals surface area (Å²) in [6.07, 6.45) is -2.27. The molecule has 2 bridgehead atoms. The Kier molecular flexibility index (Phi) is 5.50. The number of aliphatic hydroxyl groups excluding tert-OH is 3. The Hall–Kier alpha value is -2.31. The summed E-state index contributed by atoms with van der Waals surface area (Å²) in [5.74, 6) is -3.56. The van der Waals surface area contributed by atoms with Gasteiger partial charge >= 0.3 is 11.9 Å². The highest BCUT2D eigenvalue weighted by Gasteiger charge is 2.92. The Labute approximate surface area is 237 Å². The molecular formula is C30H38O11. The van der Waals surface area contributed by atoms with Gasteiger partial charge in [0.2, 0.25) is 0 Å². The van der Waals surface area contributed by atoms with Crippen LogP contribution in [0.4, 0.5) is 0 Å². The van der Waals surface area contributed by atoms with Crippen LogP contribution in [-0.4, -0.2) is 82.1 Å². The first kappa shape index (κ1) is 27.5. The third kappa shape index (κ3) is 2.85. The zero-order chi connectivity index (χ0) is 29.5. The Morgan fingerprint density at radius 1 is 0.976 bits per heavy atom. The van der Waals surface area contributed by atoms with E-state index < -0.39 is 87.5 Å². The second-order valence-corrected chi connectivity index (χ2v) is 13.9. The molecule has 1 aromatic heterocycles. The molecule has 3 N–H and O–H groups in total. The number of furan rings is 1. The van der Waals surface area contributed by atoms with Gasteiger partial charge in [-0.1, -0.05) is 20.8 Å². The molecule has 11 nitrogen and oxygen atoms in total. The number of carbonyl (C=O) groups excluding carboxylic acids is 3. The van der Waals surface area contributed by atoms with Crippen LogP contribution >= 0.6 is 0 Å². The fraction of sp³-hybridized carbons (Fsp3) is 0.767. The molecule has 11 heteroatoms. The van der Waals surface area contributed by atoms with Crippen LogP contribution in [0.3, 0.4) is 0 Å². The van der Waals surface area contributed by atoms with Gasteiger partial charge in [0.15, 0.2) is 18.2 Å². The molecule has 4 saturated carbocycles. The lowest BCUT2D eigenvalue weighted by Gasteiger charge is -2.73. The van der Waals surface area contributed by atoms with Crippen LogP contribution in [0.1, 0.15) is 65.4 Å². The molecule has 7 rings (SSSR count). The lowest BCUT2D eigenvalue weighted by Crippen LogP contribution is -2.82. The van der Waals surface area contributed by atoms with Crippen molar-refractivity contribution >= 4 is 17.7 Å². The van der Waals surface area contributed by atoms with Gasteiger partial charge in [0.1, 0.15) is 11.7 Å². The molecule has 224 valence electrons. The minimum atomic E-state index is -1.36. The average Bonchev–Trinajstić information content (AvgIpc) is 3.26. The highest BCUT2D eigenvalue weighted by atomic mass is 16.6. The van der Waals surface area contributed by atoms with Gasteiger partial charge in [-0.15, -0.1) is 0 Å². The average molecular weight is 575 g/mol. The van der Waals surface area contributed by atoms with Gasteiger partial charge in [-0.3, -0.25) is 14.4 Å². The van der Waals surface area contributed by atoms with Crippen molar-refractivity contribution in [1.29, 1.82) is 0 Å². The summed E-state index contributed by atoms with van der Waals surface area (Å²) in [5.41, 5.74) is -4.93. The van der Waals surface area contributed by atoms with Crippen LogP contribution < -0.4 is 0 Å². The first-order chi connectivity index (χ1) is 19.2. The highest BCUT2D eigenvalue weighted by Crippen LogP contribution is 2.82. The van der Waals surface area contributed by atoms with E-state index >= 15 is 4.79 Å². The summed E-state index contributed by atoms with van der Waals surface area (Å²) in [7, 11) is 0. The molecule has 2 aliphatic heterocycles. The quantitative estimate of drug-likeness (QED) is 0.354. The molecule has 3 heterocycles. The first-order valence-electron chi connectivity index (χ1n) is 14.5. The number of aliphatic hydroxyl groups is 3. The van der Waals surface area contributed by atoms with Crippen molar-refractivity contribution in [2.45, 2.75) is 102 Å². The molecular weight excluding hydrogens is 536 g/mol. The van der Waals surface area contributed by atoms with E-state index in [-0.39, 0.29) is 31.5 Å². The summed E-state index contributed by atoms with van der Waals surface area (Å²) < 4.78 is 29.5. The lowest BCUT2D eigenvalue weighted by atomic mass is 9.33. The molecule has 0 aromatic carbocycles. The molecule has 2 saturated heterocycles. The van der Waals surface area contributed by atoms with E-state index in [0.29, 0.717) is 6.42 Å². The van der Waals surface area contributed by atoms with E-state index in [2.05, 4.69) is 0 Å². The van der Waals surface area contributed by atoms with E-state index in [0.717, 1.165) is 5.56 Å². The third-order valence-corrected chi connectivity index (χ3v) is 12.6. The lowest BCUT2D eigenvalue weighted by molar-refractivity contribution is -0.373. The number of ether oxygens (including phenoxy) is 4. The second kappa shape index (κ2) is 8.19. The van der Waals surface area contributed by atoms with Gasteiger partial charge in [-0.25, -0.2) is 0 Å². The van der Waals surface area contributed by atoms with Crippen LogP contribution in [0.5, 0.6) is 0 Å². The van der Waals surface area contributed by atoms with E-state index in [1.807, 2.05) is 19.9 Å². The van der Waals surface area contributed by atoms with Crippen molar-refractivity contribution in [3.63, 3.8) is 0 Å². The molecule has 0 amide bonds. The largest absolute Gasteiger partial charge is 0.472 e. The Morgan fingerprint density at radius 2 is 1.68 bits per heavy atom. The number of hydrogen-bond donors (Lipinski definition) is 3. The van der Waals surface area contributed by atoms with Crippen molar-refractivity contribution in [2.75, 3.05) is 6.61 Å². The van der Waals surface area contributed by atoms with Crippen LogP contribution in [-0.2, 0) is 33.3 Å². The third-order valence-electron chi connectivity index (χ3n) is 12.6. The van der Waals surface area contributed by atoms with E-state index in [4.69, 9.17) is 23.4 Å². The minimum absolute atomic E-state index is 0.0205. The van der Waals surface area contributed by atoms with Crippen LogP contribution in [0, 0.1) is 33.5 Å². The van der Waals surface area contributed by atoms with Crippen molar-refractivity contribution in [1.82, 2.24) is 0 Å². The second-order valence-electron chi connectivity index (χ2n) is 13.9. The maximum Gasteiger partial charge on any atom is 0.303 e. The predicted octanol–water partition coefficient (Wildman–Crippen LogP) is 1.47. The monoisotopic (exact) mass is 574 g/mol. The summed E-state index contributed by atoms with van der Waals surface area (Å²) in [4.78, 5) is 39.7. The molecule has 14 atom stereocenters. The topological polar surface area (TPSA) is 165 Å². The molecule has 4 aliphatic carbocycles. The number of ketones is 1. The fourth-order valence-corrected chi connectivity index (χ4v) is 11.0. The van der Waals surface area contributed by atoms with Crippen LogP contribution in [0.15, 0.2) is 23.0 Å². The molecule has 1 spiro atoms. The van der Waals surface area contributed by atoms with Crippen LogP contribution in [0.25, 0.3) is 0 Å². The fourth-order valence-electron chi connectivity index (χ4n) is 11.0. The maximum absolute atomic E-state index is 15.0. The van der Waals surface area contributed by atoms with Crippen molar-refractivity contribution in [3.8, 4) is 0 Å². The number of epoxide rings is 1. The summed E-state index contributed by atoms with van der Waals surface area (Å²) in [5, 5.41) is 35.4. The Balaban J connectivity index is 1.44. The SMILES string of the molecule is CC(=O)O[C@@H]1C[C@H](O)[C@@]23CO[C@@H](O)[C@]1(C)[C@@H]2C[C@@H](O)[C@]1(C)[C@@H]3C(=O)[C@H](OC(C)=O)[C@@]2(C)[C@H](c3ccoc3)C[C@H]3O[C@]321. The molecule has 1 aromatic rings. The van der Waals surface area contributed by atoms with Gasteiger partial charge < -0.3 is 38.7 Å². The maximum atomic E-state index is 15.0. The van der Waals surface area contributed by atoms with Gasteiger partial charge in [0.25, 0.3) is 0 Å². The van der Waals surface area contributed by atoms with E-state index in [1.54, 1.807) is 19.5 Å².